The second-order valence-corrected chi connectivity index (χ2v) is 9.08. The average molecular weight is 462 g/mol. The van der Waals surface area contributed by atoms with Crippen LogP contribution in [-0.2, 0) is 18.9 Å². The van der Waals surface area contributed by atoms with Crippen molar-refractivity contribution in [1.29, 1.82) is 0 Å². The third kappa shape index (κ3) is 5.42. The van der Waals surface area contributed by atoms with Crippen molar-refractivity contribution < 1.29 is 34.3 Å². The summed E-state index contributed by atoms with van der Waals surface area (Å²) in [6.45, 7) is 4.10. The van der Waals surface area contributed by atoms with Crippen molar-refractivity contribution >= 4 is 0 Å². The molecule has 3 rings (SSSR count). The molecule has 0 radical (unpaired) electrons. The summed E-state index contributed by atoms with van der Waals surface area (Å²) in [6, 6.07) is -2.36. The maximum atomic E-state index is 11.1. The summed E-state index contributed by atoms with van der Waals surface area (Å²) in [5.41, 5.74) is 22.9. The van der Waals surface area contributed by atoms with Crippen molar-refractivity contribution in [2.45, 2.75) is 93.5 Å². The van der Waals surface area contributed by atoms with Crippen LogP contribution in [0.3, 0.4) is 0 Å². The van der Waals surface area contributed by atoms with E-state index in [1.165, 1.54) is 0 Å². The fraction of sp³-hybridized carbons (Fsp3) is 0.900. The van der Waals surface area contributed by atoms with E-state index < -0.39 is 66.8 Å². The van der Waals surface area contributed by atoms with Gasteiger partial charge in [-0.05, 0) is 32.4 Å². The van der Waals surface area contributed by atoms with Crippen LogP contribution in [0.4, 0.5) is 0 Å². The quantitative estimate of drug-likeness (QED) is 0.186. The van der Waals surface area contributed by atoms with Crippen LogP contribution >= 0.6 is 0 Å². The van der Waals surface area contributed by atoms with Crippen molar-refractivity contribution in [1.82, 2.24) is 5.32 Å². The summed E-state index contributed by atoms with van der Waals surface area (Å²) in [7, 11) is 0. The molecule has 3 aliphatic rings. The molecule has 2 heterocycles. The molecule has 12 N–H and O–H groups in total. The molecule has 0 spiro atoms. The van der Waals surface area contributed by atoms with Gasteiger partial charge in [0.2, 0.25) is 6.29 Å². The standard InChI is InChI=1S/C20H39N5O7/c1-3-25-17-14(27)19(29-8-20(17,2)28)32-16-12(24)6-11(23)15(13(16)26)31-18-10(22)5-4-9(7-21)30-18/h4,10-19,25-28H,3,5-8,21-24H2,1-2H3/t10-,11+,12-,13+,14-,15-,16+,17-,18-,19?,20+/m1/s1. The number of hydrogen-bond donors (Lipinski definition) is 8. The van der Waals surface area contributed by atoms with Gasteiger partial charge >= 0.3 is 0 Å². The maximum absolute atomic E-state index is 11.1. The average Bonchev–Trinajstić information content (AvgIpc) is 2.74. The highest BCUT2D eigenvalue weighted by molar-refractivity contribution is 5.04. The van der Waals surface area contributed by atoms with Gasteiger partial charge in [0.15, 0.2) is 6.29 Å². The third-order valence-electron chi connectivity index (χ3n) is 6.33. The van der Waals surface area contributed by atoms with E-state index in [4.69, 9.17) is 41.9 Å². The summed E-state index contributed by atoms with van der Waals surface area (Å²) in [5.74, 6) is 0.556. The van der Waals surface area contributed by atoms with Gasteiger partial charge in [0.1, 0.15) is 35.8 Å². The van der Waals surface area contributed by atoms with E-state index in [0.29, 0.717) is 25.1 Å². The Kier molecular flexibility index (Phi) is 8.50. The number of aliphatic hydroxyl groups is 3. The Hall–Kier alpha value is -0.900. The molecule has 0 aromatic heterocycles. The van der Waals surface area contributed by atoms with Crippen molar-refractivity contribution in [2.24, 2.45) is 22.9 Å². The third-order valence-corrected chi connectivity index (χ3v) is 6.33. The fourth-order valence-electron chi connectivity index (χ4n) is 4.52. The van der Waals surface area contributed by atoms with E-state index in [1.54, 1.807) is 13.0 Å². The summed E-state index contributed by atoms with van der Waals surface area (Å²) in [4.78, 5) is 0. The lowest BCUT2D eigenvalue weighted by atomic mass is 9.84. The Morgan fingerprint density at radius 3 is 2.31 bits per heavy atom. The van der Waals surface area contributed by atoms with Crippen LogP contribution in [0.5, 0.6) is 0 Å². The van der Waals surface area contributed by atoms with E-state index in [0.717, 1.165) is 0 Å². The number of nitrogens with two attached hydrogens (primary N) is 4. The molecule has 1 saturated heterocycles. The summed E-state index contributed by atoms with van der Waals surface area (Å²) in [6.07, 6.45) is -3.55. The second-order valence-electron chi connectivity index (χ2n) is 9.08. The first-order chi connectivity index (χ1) is 15.1. The van der Waals surface area contributed by atoms with Gasteiger partial charge in [-0.2, -0.15) is 0 Å². The monoisotopic (exact) mass is 461 g/mol. The number of ether oxygens (including phenoxy) is 4. The summed E-state index contributed by atoms with van der Waals surface area (Å²) >= 11 is 0. The Balaban J connectivity index is 1.69. The van der Waals surface area contributed by atoms with Gasteiger partial charge in [-0.3, -0.25) is 0 Å². The predicted octanol–water partition coefficient (Wildman–Crippen LogP) is -3.46. The van der Waals surface area contributed by atoms with E-state index in [1.807, 2.05) is 6.92 Å². The zero-order chi connectivity index (χ0) is 23.6. The van der Waals surface area contributed by atoms with Crippen molar-refractivity contribution in [3.8, 4) is 0 Å². The van der Waals surface area contributed by atoms with E-state index >= 15 is 0 Å². The topological polar surface area (TPSA) is 214 Å². The molecule has 1 aliphatic carbocycles. The highest BCUT2D eigenvalue weighted by atomic mass is 16.7. The lowest BCUT2D eigenvalue weighted by molar-refractivity contribution is -0.303. The molecular weight excluding hydrogens is 422 g/mol. The Morgan fingerprint density at radius 1 is 1.09 bits per heavy atom. The van der Waals surface area contributed by atoms with Gasteiger partial charge in [0.25, 0.3) is 0 Å². The van der Waals surface area contributed by atoms with E-state index in [2.05, 4.69) is 5.32 Å². The highest BCUT2D eigenvalue weighted by Gasteiger charge is 2.50. The van der Waals surface area contributed by atoms with Crippen LogP contribution in [-0.4, -0.2) is 102 Å². The van der Waals surface area contributed by atoms with Crippen molar-refractivity contribution in [3.63, 3.8) is 0 Å². The zero-order valence-electron chi connectivity index (χ0n) is 18.7. The first kappa shape index (κ1) is 25.7. The molecule has 2 aliphatic heterocycles. The number of nitrogens with one attached hydrogen (secondary N) is 1. The molecule has 2 fully saturated rings. The Labute approximate surface area is 188 Å². The second kappa shape index (κ2) is 10.6. The predicted molar refractivity (Wildman–Crippen MR) is 115 cm³/mol. The first-order valence-electron chi connectivity index (χ1n) is 11.2. The normalized spacial score (nSPS) is 47.6. The maximum Gasteiger partial charge on any atom is 0.215 e. The molecule has 0 bridgehead atoms. The van der Waals surface area contributed by atoms with Crippen molar-refractivity contribution in [3.05, 3.63) is 11.8 Å². The fourth-order valence-corrected chi connectivity index (χ4v) is 4.52. The van der Waals surface area contributed by atoms with Gasteiger partial charge in [-0.1, -0.05) is 6.92 Å². The summed E-state index contributed by atoms with van der Waals surface area (Å²) in [5, 5.41) is 35.4. The SMILES string of the molecule is CCN[C@@H]1[C@@H](O)C(O[C@@H]2[C@@H](O)[C@H](O[C@H]3OC(CN)=CC[C@H]3N)[C@@H](N)C[C@H]2N)OC[C@]1(C)O. The molecule has 12 heteroatoms. The smallest absolute Gasteiger partial charge is 0.215 e. The molecule has 0 amide bonds. The van der Waals surface area contributed by atoms with Gasteiger partial charge in [-0.25, -0.2) is 0 Å². The molecular formula is C20H39N5O7. The molecule has 0 aromatic carbocycles. The van der Waals surface area contributed by atoms with Gasteiger partial charge in [0, 0.05) is 12.1 Å². The summed E-state index contributed by atoms with van der Waals surface area (Å²) < 4.78 is 23.2. The van der Waals surface area contributed by atoms with Gasteiger partial charge in [0.05, 0.1) is 25.2 Å². The number of rotatable bonds is 7. The number of likely N-dealkylation sites (N-methyl/N-ethyl adjacent to an activating group) is 1. The van der Waals surface area contributed by atoms with Crippen LogP contribution < -0.4 is 28.3 Å². The van der Waals surface area contributed by atoms with Crippen LogP contribution in [0.2, 0.25) is 0 Å². The first-order valence-corrected chi connectivity index (χ1v) is 11.2. The Morgan fingerprint density at radius 2 is 1.72 bits per heavy atom. The number of aliphatic hydroxyl groups excluding tert-OH is 2. The number of hydrogen-bond acceptors (Lipinski definition) is 12. The molecule has 11 atom stereocenters. The minimum absolute atomic E-state index is 0.0666. The van der Waals surface area contributed by atoms with E-state index in [9.17, 15) is 15.3 Å². The zero-order valence-corrected chi connectivity index (χ0v) is 18.7. The molecule has 0 aromatic rings. The minimum atomic E-state index is -1.29. The van der Waals surface area contributed by atoms with Crippen LogP contribution in [0.15, 0.2) is 11.8 Å². The molecule has 1 unspecified atom stereocenters. The molecule has 32 heavy (non-hydrogen) atoms. The lowest BCUT2D eigenvalue weighted by Crippen LogP contribution is -2.69. The van der Waals surface area contributed by atoms with Crippen LogP contribution in [0.1, 0.15) is 26.7 Å². The largest absolute Gasteiger partial charge is 0.467 e. The van der Waals surface area contributed by atoms with E-state index in [-0.39, 0.29) is 13.2 Å². The van der Waals surface area contributed by atoms with Crippen molar-refractivity contribution in [2.75, 3.05) is 19.7 Å². The van der Waals surface area contributed by atoms with Crippen LogP contribution in [0.25, 0.3) is 0 Å². The van der Waals surface area contributed by atoms with Gasteiger partial charge < -0.3 is 62.5 Å². The Bertz CT molecular complexity index is 654. The minimum Gasteiger partial charge on any atom is -0.467 e. The molecule has 1 saturated carbocycles. The molecule has 12 nitrogen and oxygen atoms in total. The van der Waals surface area contributed by atoms with Crippen LogP contribution in [0, 0.1) is 0 Å². The lowest BCUT2D eigenvalue weighted by Gasteiger charge is -2.48. The van der Waals surface area contributed by atoms with Gasteiger partial charge in [-0.15, -0.1) is 0 Å². The molecule has 186 valence electrons. The highest BCUT2D eigenvalue weighted by Crippen LogP contribution is 2.31.